The van der Waals surface area contributed by atoms with Gasteiger partial charge in [-0.1, -0.05) is 13.3 Å². The molecule has 1 aromatic rings. The standard InChI is InChI=1S/C16H24N2O5S/c1-5-7-16(3,17)15(20)18-12-8-11(14(19)23-6-2)9-13(10-12)24(4,21)22/h8-10H,5-7,17H2,1-4H3,(H,18,20). The first-order valence-electron chi connectivity index (χ1n) is 7.64. The number of sulfone groups is 1. The number of anilines is 1. The molecular weight excluding hydrogens is 332 g/mol. The molecule has 0 spiro atoms. The first kappa shape index (κ1) is 20.1. The molecule has 3 N–H and O–H groups in total. The van der Waals surface area contributed by atoms with E-state index in [1.807, 2.05) is 6.92 Å². The molecule has 1 atom stereocenters. The lowest BCUT2D eigenvalue weighted by atomic mass is 9.96. The molecule has 134 valence electrons. The Kier molecular flexibility index (Phi) is 6.50. The number of nitrogens with two attached hydrogens (primary N) is 1. The summed E-state index contributed by atoms with van der Waals surface area (Å²) in [5.41, 5.74) is 5.09. The molecular formula is C16H24N2O5S. The Labute approximate surface area is 142 Å². The van der Waals surface area contributed by atoms with Crippen molar-refractivity contribution in [3.05, 3.63) is 23.8 Å². The second-order valence-electron chi connectivity index (χ2n) is 5.86. The van der Waals surface area contributed by atoms with Crippen molar-refractivity contribution in [2.45, 2.75) is 44.0 Å². The Bertz CT molecular complexity index is 726. The maximum atomic E-state index is 12.3. The molecule has 0 bridgehead atoms. The van der Waals surface area contributed by atoms with Crippen LogP contribution in [0.4, 0.5) is 5.69 Å². The van der Waals surface area contributed by atoms with Crippen LogP contribution >= 0.6 is 0 Å². The van der Waals surface area contributed by atoms with Gasteiger partial charge in [-0.25, -0.2) is 13.2 Å². The van der Waals surface area contributed by atoms with E-state index >= 15 is 0 Å². The average Bonchev–Trinajstić information content (AvgIpc) is 2.46. The maximum Gasteiger partial charge on any atom is 0.338 e. The lowest BCUT2D eigenvalue weighted by molar-refractivity contribution is -0.120. The summed E-state index contributed by atoms with van der Waals surface area (Å²) in [6.45, 7) is 5.30. The number of amides is 1. The molecule has 0 saturated carbocycles. The normalized spacial score (nSPS) is 13.9. The van der Waals surface area contributed by atoms with Crippen molar-refractivity contribution in [1.82, 2.24) is 0 Å². The fourth-order valence-corrected chi connectivity index (χ4v) is 2.81. The largest absolute Gasteiger partial charge is 0.462 e. The van der Waals surface area contributed by atoms with Crippen molar-refractivity contribution in [3.63, 3.8) is 0 Å². The van der Waals surface area contributed by atoms with Crippen LogP contribution in [0.15, 0.2) is 23.1 Å². The number of hydrogen-bond donors (Lipinski definition) is 2. The number of benzene rings is 1. The summed E-state index contributed by atoms with van der Waals surface area (Å²) >= 11 is 0. The predicted molar refractivity (Wildman–Crippen MR) is 91.6 cm³/mol. The van der Waals surface area contributed by atoms with Crippen LogP contribution in [0.5, 0.6) is 0 Å². The van der Waals surface area contributed by atoms with Crippen LogP contribution in [0.1, 0.15) is 44.0 Å². The number of nitrogens with one attached hydrogen (secondary N) is 1. The average molecular weight is 356 g/mol. The monoisotopic (exact) mass is 356 g/mol. The van der Waals surface area contributed by atoms with Gasteiger partial charge in [0.2, 0.25) is 5.91 Å². The van der Waals surface area contributed by atoms with Crippen LogP contribution < -0.4 is 11.1 Å². The van der Waals surface area contributed by atoms with Crippen LogP contribution in [0.25, 0.3) is 0 Å². The molecule has 1 aromatic carbocycles. The Morgan fingerprint density at radius 3 is 2.38 bits per heavy atom. The van der Waals surface area contributed by atoms with Crippen molar-refractivity contribution in [2.75, 3.05) is 18.2 Å². The first-order valence-corrected chi connectivity index (χ1v) is 9.53. The molecule has 1 amide bonds. The summed E-state index contributed by atoms with van der Waals surface area (Å²) in [7, 11) is -3.57. The Balaban J connectivity index is 3.25. The van der Waals surface area contributed by atoms with E-state index in [9.17, 15) is 18.0 Å². The van der Waals surface area contributed by atoms with Crippen LogP contribution in [-0.2, 0) is 19.4 Å². The number of ether oxygens (including phenoxy) is 1. The fourth-order valence-electron chi connectivity index (χ4n) is 2.12. The summed E-state index contributed by atoms with van der Waals surface area (Å²) in [6.07, 6.45) is 2.21. The minimum absolute atomic E-state index is 0.0456. The van der Waals surface area contributed by atoms with Crippen LogP contribution in [0.2, 0.25) is 0 Å². The topological polar surface area (TPSA) is 116 Å². The molecule has 0 aliphatic rings. The van der Waals surface area contributed by atoms with E-state index in [0.29, 0.717) is 6.42 Å². The molecule has 0 radical (unpaired) electrons. The molecule has 24 heavy (non-hydrogen) atoms. The van der Waals surface area contributed by atoms with Crippen molar-refractivity contribution in [1.29, 1.82) is 0 Å². The van der Waals surface area contributed by atoms with Crippen LogP contribution in [0.3, 0.4) is 0 Å². The number of rotatable bonds is 7. The molecule has 0 saturated heterocycles. The number of esters is 1. The first-order chi connectivity index (χ1) is 11.0. The van der Waals surface area contributed by atoms with Gasteiger partial charge in [-0.2, -0.15) is 0 Å². The van der Waals surface area contributed by atoms with Gasteiger partial charge in [-0.15, -0.1) is 0 Å². The minimum Gasteiger partial charge on any atom is -0.462 e. The van der Waals surface area contributed by atoms with Crippen LogP contribution in [0, 0.1) is 0 Å². The summed E-state index contributed by atoms with van der Waals surface area (Å²) < 4.78 is 28.5. The highest BCUT2D eigenvalue weighted by Gasteiger charge is 2.27. The van der Waals surface area contributed by atoms with Crippen molar-refractivity contribution in [2.24, 2.45) is 5.73 Å². The van der Waals surface area contributed by atoms with E-state index in [1.54, 1.807) is 13.8 Å². The zero-order valence-corrected chi connectivity index (χ0v) is 15.2. The highest BCUT2D eigenvalue weighted by atomic mass is 32.2. The quantitative estimate of drug-likeness (QED) is 0.719. The van der Waals surface area contributed by atoms with Gasteiger partial charge in [0.05, 0.1) is 22.6 Å². The lowest BCUT2D eigenvalue weighted by Gasteiger charge is -2.23. The van der Waals surface area contributed by atoms with E-state index in [-0.39, 0.29) is 22.8 Å². The van der Waals surface area contributed by atoms with Gasteiger partial charge < -0.3 is 15.8 Å². The zero-order chi connectivity index (χ0) is 18.5. The minimum atomic E-state index is -3.57. The van der Waals surface area contributed by atoms with E-state index < -0.39 is 27.3 Å². The van der Waals surface area contributed by atoms with Crippen molar-refractivity contribution in [3.8, 4) is 0 Å². The highest BCUT2D eigenvalue weighted by Crippen LogP contribution is 2.21. The molecule has 0 heterocycles. The second kappa shape index (κ2) is 7.76. The fraction of sp³-hybridized carbons (Fsp3) is 0.500. The Morgan fingerprint density at radius 2 is 1.88 bits per heavy atom. The Morgan fingerprint density at radius 1 is 1.25 bits per heavy atom. The smallest absolute Gasteiger partial charge is 0.338 e. The summed E-state index contributed by atoms with van der Waals surface area (Å²) in [4.78, 5) is 24.1. The number of carbonyl (C=O) groups is 2. The van der Waals surface area contributed by atoms with E-state index in [0.717, 1.165) is 12.7 Å². The van der Waals surface area contributed by atoms with Gasteiger partial charge in [-0.05, 0) is 38.5 Å². The predicted octanol–water partition coefficient (Wildman–Crippen LogP) is 1.72. The van der Waals surface area contributed by atoms with Gasteiger partial charge in [0.25, 0.3) is 0 Å². The van der Waals surface area contributed by atoms with E-state index in [4.69, 9.17) is 10.5 Å². The van der Waals surface area contributed by atoms with Gasteiger partial charge >= 0.3 is 5.97 Å². The third-order valence-corrected chi connectivity index (χ3v) is 4.48. The van der Waals surface area contributed by atoms with E-state index in [1.165, 1.54) is 18.2 Å². The number of carbonyl (C=O) groups excluding carboxylic acids is 2. The third kappa shape index (κ3) is 5.31. The second-order valence-corrected chi connectivity index (χ2v) is 7.88. The Hall–Kier alpha value is -1.93. The molecule has 0 aliphatic carbocycles. The molecule has 0 aromatic heterocycles. The van der Waals surface area contributed by atoms with Gasteiger partial charge in [-0.3, -0.25) is 4.79 Å². The summed E-state index contributed by atoms with van der Waals surface area (Å²) in [6, 6.07) is 3.88. The van der Waals surface area contributed by atoms with Gasteiger partial charge in [0, 0.05) is 11.9 Å². The molecule has 7 nitrogen and oxygen atoms in total. The lowest BCUT2D eigenvalue weighted by Crippen LogP contribution is -2.48. The van der Waals surface area contributed by atoms with Crippen molar-refractivity contribution < 1.29 is 22.7 Å². The molecule has 0 fully saturated rings. The maximum absolute atomic E-state index is 12.3. The van der Waals surface area contributed by atoms with Gasteiger partial charge in [0.15, 0.2) is 9.84 Å². The highest BCUT2D eigenvalue weighted by molar-refractivity contribution is 7.90. The summed E-state index contributed by atoms with van der Waals surface area (Å²) in [5, 5.41) is 2.58. The van der Waals surface area contributed by atoms with Crippen LogP contribution in [-0.4, -0.2) is 38.7 Å². The van der Waals surface area contributed by atoms with Gasteiger partial charge in [0.1, 0.15) is 0 Å². The number of hydrogen-bond acceptors (Lipinski definition) is 6. The molecule has 1 unspecified atom stereocenters. The molecule has 0 aliphatic heterocycles. The molecule has 8 heteroatoms. The molecule has 1 rings (SSSR count). The van der Waals surface area contributed by atoms with Crippen molar-refractivity contribution >= 4 is 27.4 Å². The SMILES string of the molecule is CCCC(C)(N)C(=O)Nc1cc(C(=O)OCC)cc(S(C)(=O)=O)c1. The third-order valence-electron chi connectivity index (χ3n) is 3.39. The zero-order valence-electron chi connectivity index (χ0n) is 14.4. The van der Waals surface area contributed by atoms with E-state index in [2.05, 4.69) is 5.32 Å². The summed E-state index contributed by atoms with van der Waals surface area (Å²) in [5.74, 6) is -1.12.